The molecule has 0 bridgehead atoms. The van der Waals surface area contributed by atoms with E-state index in [1.165, 1.54) is 0 Å². The zero-order valence-corrected chi connectivity index (χ0v) is 7.22. The monoisotopic (exact) mass is 154 g/mol. The molecule has 0 fully saturated rings. The van der Waals surface area contributed by atoms with E-state index >= 15 is 0 Å². The fourth-order valence-electron chi connectivity index (χ4n) is 0.732. The summed E-state index contributed by atoms with van der Waals surface area (Å²) in [6.45, 7) is 3.88. The molecule has 0 heterocycles. The molecule has 0 spiro atoms. The van der Waals surface area contributed by atoms with Crippen molar-refractivity contribution in [3.05, 3.63) is 0 Å². The molecular weight excluding hydrogens is 140 g/mol. The molecule has 3 nitrogen and oxygen atoms in total. The fourth-order valence-corrected chi connectivity index (χ4v) is 0.732. The van der Waals surface area contributed by atoms with Gasteiger partial charge >= 0.3 is 0 Å². The number of carbonyl (C=O) groups is 1. The van der Waals surface area contributed by atoms with Crippen LogP contribution in [0.1, 0.15) is 20.3 Å². The summed E-state index contributed by atoms with van der Waals surface area (Å²) in [5, 5.41) is 11.1. The summed E-state index contributed by atoms with van der Waals surface area (Å²) in [6.07, 6.45) is 0.310. The van der Waals surface area contributed by atoms with Crippen LogP contribution < -0.4 is 5.32 Å². The lowest BCUT2D eigenvalue weighted by atomic mass is 9.94. The Labute approximate surface area is 67.4 Å². The van der Waals surface area contributed by atoms with Gasteiger partial charge in [0.15, 0.2) is 0 Å². The summed E-state index contributed by atoms with van der Waals surface area (Å²) < 4.78 is 0. The molecule has 3 heteroatoms. The van der Waals surface area contributed by atoms with Crippen molar-refractivity contribution in [2.75, 3.05) is 7.05 Å². The van der Waals surface area contributed by atoms with Gasteiger partial charge in [-0.3, -0.25) is 4.79 Å². The number of nitriles is 1. The largest absolute Gasteiger partial charge is 0.359 e. The average Bonchev–Trinajstić information content (AvgIpc) is 1.99. The van der Waals surface area contributed by atoms with Gasteiger partial charge in [0, 0.05) is 13.5 Å². The number of hydrogen-bond acceptors (Lipinski definition) is 2. The summed E-state index contributed by atoms with van der Waals surface area (Å²) in [6, 6.07) is 2.11. The van der Waals surface area contributed by atoms with Crippen molar-refractivity contribution in [2.24, 2.45) is 11.8 Å². The molecule has 0 radical (unpaired) electrons. The third-order valence-electron chi connectivity index (χ3n) is 1.65. The molecule has 0 rings (SSSR count). The number of nitrogens with zero attached hydrogens (tertiary/aromatic N) is 1. The highest BCUT2D eigenvalue weighted by Crippen LogP contribution is 2.13. The Kier molecular flexibility index (Phi) is 4.28. The SMILES string of the molecule is CNC(=O)CC(C#N)C(C)C. The van der Waals surface area contributed by atoms with Gasteiger partial charge in [0.1, 0.15) is 0 Å². The van der Waals surface area contributed by atoms with Crippen molar-refractivity contribution in [2.45, 2.75) is 20.3 Å². The van der Waals surface area contributed by atoms with Crippen LogP contribution in [0.5, 0.6) is 0 Å². The normalized spacial score (nSPS) is 12.3. The minimum atomic E-state index is -0.157. The second kappa shape index (κ2) is 4.73. The Morgan fingerprint density at radius 3 is 2.45 bits per heavy atom. The maximum absolute atomic E-state index is 10.8. The van der Waals surface area contributed by atoms with Gasteiger partial charge in [-0.1, -0.05) is 13.8 Å². The first kappa shape index (κ1) is 9.96. The molecule has 1 atom stereocenters. The van der Waals surface area contributed by atoms with E-state index in [0.717, 1.165) is 0 Å². The number of nitrogens with one attached hydrogen (secondary N) is 1. The van der Waals surface area contributed by atoms with E-state index in [-0.39, 0.29) is 17.7 Å². The molecule has 0 saturated heterocycles. The number of hydrogen-bond donors (Lipinski definition) is 1. The van der Waals surface area contributed by atoms with Gasteiger partial charge < -0.3 is 5.32 Å². The van der Waals surface area contributed by atoms with E-state index in [9.17, 15) is 4.79 Å². The van der Waals surface area contributed by atoms with E-state index < -0.39 is 0 Å². The van der Waals surface area contributed by atoms with Gasteiger partial charge in [0.2, 0.25) is 5.91 Å². The fraction of sp³-hybridized carbons (Fsp3) is 0.750. The van der Waals surface area contributed by atoms with Crippen LogP contribution in [-0.2, 0) is 4.79 Å². The maximum Gasteiger partial charge on any atom is 0.221 e. The van der Waals surface area contributed by atoms with E-state index in [1.54, 1.807) is 7.05 Å². The molecule has 1 unspecified atom stereocenters. The molecule has 0 aliphatic rings. The van der Waals surface area contributed by atoms with E-state index in [0.29, 0.717) is 6.42 Å². The number of carbonyl (C=O) groups excluding carboxylic acids is 1. The van der Waals surface area contributed by atoms with Crippen molar-refractivity contribution in [3.63, 3.8) is 0 Å². The van der Waals surface area contributed by atoms with Crippen LogP contribution in [-0.4, -0.2) is 13.0 Å². The van der Waals surface area contributed by atoms with E-state index in [1.807, 2.05) is 13.8 Å². The molecule has 62 valence electrons. The first-order valence-electron chi connectivity index (χ1n) is 3.72. The van der Waals surface area contributed by atoms with Crippen LogP contribution in [0.4, 0.5) is 0 Å². The van der Waals surface area contributed by atoms with Crippen LogP contribution in [0.25, 0.3) is 0 Å². The Morgan fingerprint density at radius 2 is 2.18 bits per heavy atom. The zero-order chi connectivity index (χ0) is 8.85. The number of rotatable bonds is 3. The van der Waals surface area contributed by atoms with Crippen molar-refractivity contribution in [1.29, 1.82) is 5.26 Å². The van der Waals surface area contributed by atoms with Crippen LogP contribution in [0.3, 0.4) is 0 Å². The van der Waals surface area contributed by atoms with Gasteiger partial charge in [-0.25, -0.2) is 0 Å². The van der Waals surface area contributed by atoms with Crippen molar-refractivity contribution in [3.8, 4) is 6.07 Å². The Bertz CT molecular complexity index is 169. The molecule has 0 aliphatic carbocycles. The predicted octanol–water partition coefficient (Wildman–Crippen LogP) is 0.918. The smallest absolute Gasteiger partial charge is 0.221 e. The third-order valence-corrected chi connectivity index (χ3v) is 1.65. The minimum absolute atomic E-state index is 0.0646. The van der Waals surface area contributed by atoms with E-state index in [2.05, 4.69) is 11.4 Å². The highest BCUT2D eigenvalue weighted by atomic mass is 16.1. The molecule has 0 aromatic heterocycles. The molecule has 1 amide bonds. The summed E-state index contributed by atoms with van der Waals surface area (Å²) in [5.74, 6) is 0.0255. The molecule has 0 aromatic rings. The second-order valence-electron chi connectivity index (χ2n) is 2.86. The number of amides is 1. The molecule has 0 aromatic carbocycles. The standard InChI is InChI=1S/C8H14N2O/c1-6(2)7(5-9)4-8(11)10-3/h6-7H,4H2,1-3H3,(H,10,11). The van der Waals surface area contributed by atoms with Crippen LogP contribution in [0.2, 0.25) is 0 Å². The lowest BCUT2D eigenvalue weighted by Crippen LogP contribution is -2.22. The first-order valence-corrected chi connectivity index (χ1v) is 3.72. The van der Waals surface area contributed by atoms with Crippen LogP contribution >= 0.6 is 0 Å². The maximum atomic E-state index is 10.8. The predicted molar refractivity (Wildman–Crippen MR) is 42.6 cm³/mol. The van der Waals surface area contributed by atoms with Gasteiger partial charge in [-0.2, -0.15) is 5.26 Å². The third kappa shape index (κ3) is 3.61. The average molecular weight is 154 g/mol. The highest BCUT2D eigenvalue weighted by molar-refractivity contribution is 5.76. The molecule has 1 N–H and O–H groups in total. The lowest BCUT2D eigenvalue weighted by molar-refractivity contribution is -0.121. The van der Waals surface area contributed by atoms with Crippen LogP contribution in [0, 0.1) is 23.2 Å². The molecule has 11 heavy (non-hydrogen) atoms. The van der Waals surface area contributed by atoms with Gasteiger partial charge in [0.05, 0.1) is 12.0 Å². The minimum Gasteiger partial charge on any atom is -0.359 e. The van der Waals surface area contributed by atoms with Crippen molar-refractivity contribution >= 4 is 5.91 Å². The lowest BCUT2D eigenvalue weighted by Gasteiger charge is -2.10. The Morgan fingerprint density at radius 1 is 1.64 bits per heavy atom. The topological polar surface area (TPSA) is 52.9 Å². The van der Waals surface area contributed by atoms with Crippen molar-refractivity contribution in [1.82, 2.24) is 5.32 Å². The van der Waals surface area contributed by atoms with E-state index in [4.69, 9.17) is 5.26 Å². The van der Waals surface area contributed by atoms with Gasteiger partial charge in [0.25, 0.3) is 0 Å². The zero-order valence-electron chi connectivity index (χ0n) is 7.22. The van der Waals surface area contributed by atoms with Crippen LogP contribution in [0.15, 0.2) is 0 Å². The summed E-state index contributed by atoms with van der Waals surface area (Å²) in [4.78, 5) is 10.8. The summed E-state index contributed by atoms with van der Waals surface area (Å²) in [5.41, 5.74) is 0. The quantitative estimate of drug-likeness (QED) is 0.657. The van der Waals surface area contributed by atoms with Gasteiger partial charge in [-0.15, -0.1) is 0 Å². The Balaban J connectivity index is 3.91. The molecular formula is C8H14N2O. The second-order valence-corrected chi connectivity index (χ2v) is 2.86. The first-order chi connectivity index (χ1) is 5.11. The van der Waals surface area contributed by atoms with Crippen molar-refractivity contribution < 1.29 is 4.79 Å². The molecule has 0 saturated carbocycles. The summed E-state index contributed by atoms with van der Waals surface area (Å²) >= 11 is 0. The Hall–Kier alpha value is -1.04. The summed E-state index contributed by atoms with van der Waals surface area (Å²) in [7, 11) is 1.58. The molecule has 0 aliphatic heterocycles. The highest BCUT2D eigenvalue weighted by Gasteiger charge is 2.15. The van der Waals surface area contributed by atoms with Gasteiger partial charge in [-0.05, 0) is 5.92 Å².